The van der Waals surface area contributed by atoms with E-state index in [1.54, 1.807) is 30.3 Å². The maximum Gasteiger partial charge on any atom is 0.309 e. The van der Waals surface area contributed by atoms with Gasteiger partial charge in [0, 0.05) is 6.54 Å². The lowest BCUT2D eigenvalue weighted by Crippen LogP contribution is -2.36. The number of benzene rings is 3. The number of aryl methyl sites for hydroxylation is 1. The van der Waals surface area contributed by atoms with E-state index in [2.05, 4.69) is 0 Å². The number of carboxylic acid groups (broad SMARTS) is 1. The zero-order chi connectivity index (χ0) is 25.1. The summed E-state index contributed by atoms with van der Waals surface area (Å²) in [4.78, 5) is 37.8. The first-order chi connectivity index (χ1) is 16.8. The molecule has 1 aliphatic heterocycles. The van der Waals surface area contributed by atoms with Crippen molar-refractivity contribution in [3.05, 3.63) is 94.3 Å². The minimum atomic E-state index is -1.19. The molecule has 2 atom stereocenters. The van der Waals surface area contributed by atoms with Crippen LogP contribution in [0.5, 0.6) is 0 Å². The van der Waals surface area contributed by atoms with Crippen LogP contribution in [0.4, 0.5) is 4.39 Å². The molecule has 1 aliphatic rings. The number of rotatable bonds is 9. The number of aliphatic carboxylic acids is 1. The average molecular weight is 496 g/mol. The molecule has 0 saturated carbocycles. The molecule has 8 heteroatoms. The Morgan fingerprint density at radius 3 is 2.09 bits per heavy atom. The molecule has 2 N–H and O–H groups in total. The molecule has 0 aliphatic carbocycles. The summed E-state index contributed by atoms with van der Waals surface area (Å²) in [6, 6.07) is 18.3. The zero-order valence-corrected chi connectivity index (χ0v) is 19.4. The predicted molar refractivity (Wildman–Crippen MR) is 129 cm³/mol. The van der Waals surface area contributed by atoms with E-state index in [1.807, 2.05) is 24.3 Å². The summed E-state index contributed by atoms with van der Waals surface area (Å²) in [5, 5.41) is 20.3. The van der Waals surface area contributed by atoms with Crippen molar-refractivity contribution in [2.24, 2.45) is 5.92 Å². The predicted octanol–water partition coefficient (Wildman–Crippen LogP) is 4.83. The van der Waals surface area contributed by atoms with Gasteiger partial charge in [-0.05, 0) is 60.2 Å². The number of imide groups is 1. The molecule has 0 fully saturated rings. The zero-order valence-electron chi connectivity index (χ0n) is 18.7. The van der Waals surface area contributed by atoms with Crippen LogP contribution < -0.4 is 0 Å². The van der Waals surface area contributed by atoms with Gasteiger partial charge in [0.25, 0.3) is 11.8 Å². The van der Waals surface area contributed by atoms with E-state index in [0.717, 1.165) is 16.0 Å². The highest BCUT2D eigenvalue weighted by molar-refractivity contribution is 6.30. The van der Waals surface area contributed by atoms with Crippen LogP contribution in [0, 0.1) is 11.7 Å². The fourth-order valence-electron chi connectivity index (χ4n) is 4.25. The number of aliphatic hydroxyl groups is 1. The van der Waals surface area contributed by atoms with Crippen molar-refractivity contribution in [1.29, 1.82) is 0 Å². The van der Waals surface area contributed by atoms with E-state index in [-0.39, 0.29) is 24.4 Å². The molecule has 2 amide bonds. The van der Waals surface area contributed by atoms with Gasteiger partial charge >= 0.3 is 5.97 Å². The third-order valence-electron chi connectivity index (χ3n) is 6.26. The normalized spacial score (nSPS) is 14.7. The van der Waals surface area contributed by atoms with Gasteiger partial charge in [-0.15, -0.1) is 0 Å². The van der Waals surface area contributed by atoms with Crippen LogP contribution >= 0.6 is 11.6 Å². The second kappa shape index (κ2) is 10.4. The van der Waals surface area contributed by atoms with Crippen LogP contribution in [0.25, 0.3) is 11.1 Å². The first-order valence-corrected chi connectivity index (χ1v) is 11.5. The number of hydrogen-bond donors (Lipinski definition) is 2. The largest absolute Gasteiger partial charge is 0.481 e. The summed E-state index contributed by atoms with van der Waals surface area (Å²) in [6.07, 6.45) is -0.600. The Morgan fingerprint density at radius 1 is 0.914 bits per heavy atom. The Hall–Kier alpha value is -3.55. The standard InChI is InChI=1S/C27H23ClFNO5/c28-22-11-10-18(15-23(22)29)17-8-5-16(6-9-17)7-12-24(31)21(27(34)35)13-14-30-25(32)19-3-1-2-4-20(19)26(30)33/h1-6,8-11,15,21,24,31H,7,12-14H2,(H,34,35)/t21-,24+/m0/s1. The van der Waals surface area contributed by atoms with Gasteiger partial charge in [0.2, 0.25) is 0 Å². The van der Waals surface area contributed by atoms with Gasteiger partial charge in [0.1, 0.15) is 5.82 Å². The van der Waals surface area contributed by atoms with E-state index in [1.165, 1.54) is 12.1 Å². The van der Waals surface area contributed by atoms with Gasteiger partial charge in [-0.25, -0.2) is 4.39 Å². The first kappa shape index (κ1) is 24.6. The van der Waals surface area contributed by atoms with Gasteiger partial charge in [-0.3, -0.25) is 19.3 Å². The van der Waals surface area contributed by atoms with Gasteiger partial charge in [0.05, 0.1) is 28.2 Å². The quantitative estimate of drug-likeness (QED) is 0.415. The summed E-state index contributed by atoms with van der Waals surface area (Å²) in [6.45, 7) is -0.0906. The number of carbonyl (C=O) groups is 3. The van der Waals surface area contributed by atoms with E-state index < -0.39 is 35.6 Å². The molecule has 3 aromatic carbocycles. The van der Waals surface area contributed by atoms with E-state index in [4.69, 9.17) is 11.6 Å². The van der Waals surface area contributed by atoms with Crippen LogP contribution in [0.15, 0.2) is 66.7 Å². The minimum absolute atomic E-state index is 0.0512. The number of fused-ring (bicyclic) bond motifs is 1. The number of aliphatic hydroxyl groups excluding tert-OH is 1. The third kappa shape index (κ3) is 5.26. The highest BCUT2D eigenvalue weighted by atomic mass is 35.5. The molecule has 6 nitrogen and oxygen atoms in total. The number of halogens is 2. The molecule has 4 rings (SSSR count). The third-order valence-corrected chi connectivity index (χ3v) is 6.57. The monoisotopic (exact) mass is 495 g/mol. The highest BCUT2D eigenvalue weighted by Crippen LogP contribution is 2.26. The van der Waals surface area contributed by atoms with Crippen LogP contribution in [0.3, 0.4) is 0 Å². The Bertz CT molecular complexity index is 1240. The van der Waals surface area contributed by atoms with Crippen LogP contribution in [-0.4, -0.2) is 45.5 Å². The fraction of sp³-hybridized carbons (Fsp3) is 0.222. The number of hydrogen-bond acceptors (Lipinski definition) is 4. The lowest BCUT2D eigenvalue weighted by atomic mass is 9.93. The van der Waals surface area contributed by atoms with Crippen LogP contribution in [0.1, 0.15) is 39.1 Å². The van der Waals surface area contributed by atoms with Gasteiger partial charge in [-0.1, -0.05) is 54.1 Å². The molecule has 0 bridgehead atoms. The maximum atomic E-state index is 13.7. The summed E-state index contributed by atoms with van der Waals surface area (Å²) < 4.78 is 13.7. The number of nitrogens with zero attached hydrogens (tertiary/aromatic N) is 1. The number of carboxylic acids is 1. The Balaban J connectivity index is 1.35. The second-order valence-electron chi connectivity index (χ2n) is 8.47. The molecule has 0 saturated heterocycles. The number of amides is 2. The van der Waals surface area contributed by atoms with Crippen LogP contribution in [-0.2, 0) is 11.2 Å². The Kier molecular flexibility index (Phi) is 7.28. The SMILES string of the molecule is O=C(O)[C@@H](CCN1C(=O)c2ccccc2C1=O)[C@H](O)CCc1ccc(-c2ccc(Cl)c(F)c2)cc1. The van der Waals surface area contributed by atoms with Gasteiger partial charge in [0.15, 0.2) is 0 Å². The summed E-state index contributed by atoms with van der Waals surface area (Å²) in [5.41, 5.74) is 2.96. The molecule has 0 unspecified atom stereocenters. The molecule has 0 radical (unpaired) electrons. The molecule has 0 aromatic heterocycles. The average Bonchev–Trinajstić information content (AvgIpc) is 3.09. The highest BCUT2D eigenvalue weighted by Gasteiger charge is 2.36. The topological polar surface area (TPSA) is 94.9 Å². The lowest BCUT2D eigenvalue weighted by molar-refractivity contribution is -0.146. The van der Waals surface area contributed by atoms with E-state index >= 15 is 0 Å². The molecule has 0 spiro atoms. The van der Waals surface area contributed by atoms with Gasteiger partial charge in [-0.2, -0.15) is 0 Å². The lowest BCUT2D eigenvalue weighted by Gasteiger charge is -2.22. The van der Waals surface area contributed by atoms with Crippen molar-refractivity contribution in [1.82, 2.24) is 4.90 Å². The molecule has 35 heavy (non-hydrogen) atoms. The smallest absolute Gasteiger partial charge is 0.309 e. The second-order valence-corrected chi connectivity index (χ2v) is 8.88. The number of carbonyl (C=O) groups excluding carboxylic acids is 2. The summed E-state index contributed by atoms with van der Waals surface area (Å²) in [7, 11) is 0. The summed E-state index contributed by atoms with van der Waals surface area (Å²) in [5.74, 6) is -3.73. The van der Waals surface area contributed by atoms with Crippen molar-refractivity contribution in [2.75, 3.05) is 6.54 Å². The molecule has 1 heterocycles. The van der Waals surface area contributed by atoms with Crippen LogP contribution in [0.2, 0.25) is 5.02 Å². The van der Waals surface area contributed by atoms with Crippen molar-refractivity contribution in [2.45, 2.75) is 25.4 Å². The van der Waals surface area contributed by atoms with Crippen molar-refractivity contribution in [3.8, 4) is 11.1 Å². The molecular weight excluding hydrogens is 473 g/mol. The molecular formula is C27H23ClFNO5. The summed E-state index contributed by atoms with van der Waals surface area (Å²) >= 11 is 5.73. The molecule has 180 valence electrons. The van der Waals surface area contributed by atoms with Crippen molar-refractivity contribution in [3.63, 3.8) is 0 Å². The minimum Gasteiger partial charge on any atom is -0.481 e. The van der Waals surface area contributed by atoms with E-state index in [0.29, 0.717) is 23.1 Å². The van der Waals surface area contributed by atoms with Crippen molar-refractivity contribution < 1.29 is 29.0 Å². The maximum absolute atomic E-state index is 13.7. The van der Waals surface area contributed by atoms with Gasteiger partial charge < -0.3 is 10.2 Å². The Morgan fingerprint density at radius 2 is 1.51 bits per heavy atom. The van der Waals surface area contributed by atoms with E-state index in [9.17, 15) is 29.0 Å². The Labute approximate surface area is 206 Å². The molecule has 3 aromatic rings. The fourth-order valence-corrected chi connectivity index (χ4v) is 4.36. The first-order valence-electron chi connectivity index (χ1n) is 11.2. The van der Waals surface area contributed by atoms with Crippen molar-refractivity contribution >= 4 is 29.4 Å².